The molecule has 2 heterocycles. The van der Waals surface area contributed by atoms with Crippen molar-refractivity contribution >= 4 is 6.29 Å². The molecule has 0 radical (unpaired) electrons. The second kappa shape index (κ2) is 5.35. The number of aldehydes is 1. The van der Waals surface area contributed by atoms with Crippen LogP contribution < -0.4 is 9.47 Å². The number of benzene rings is 1. The molecule has 0 fully saturated rings. The lowest BCUT2D eigenvalue weighted by molar-refractivity contribution is -0.108. The minimum Gasteiger partial charge on any atom is -0.504 e. The maximum Gasteiger partial charge on any atom is 0.164 e. The number of phenols is 1. The van der Waals surface area contributed by atoms with Gasteiger partial charge < -0.3 is 19.4 Å². The van der Waals surface area contributed by atoms with E-state index in [1.54, 1.807) is 0 Å². The molecule has 2 aliphatic heterocycles. The fourth-order valence-corrected chi connectivity index (χ4v) is 3.24. The van der Waals surface area contributed by atoms with E-state index < -0.39 is 0 Å². The normalized spacial score (nSPS) is 18.2. The standard InChI is InChI=1S/C16H20O4/c1-10(6-7-17)13-11-4-2-9-20-16(11)14(18)12-5-3-8-19-15(12)13/h7,10,18H,2-6,8-9H2,1H3. The highest BCUT2D eigenvalue weighted by molar-refractivity contribution is 5.65. The number of hydrogen-bond acceptors (Lipinski definition) is 4. The number of carbonyl (C=O) groups excluding carboxylic acids is 1. The van der Waals surface area contributed by atoms with Crippen LogP contribution in [0, 0.1) is 0 Å². The van der Waals surface area contributed by atoms with Crippen LogP contribution in [0.2, 0.25) is 0 Å². The van der Waals surface area contributed by atoms with Crippen molar-refractivity contribution < 1.29 is 19.4 Å². The summed E-state index contributed by atoms with van der Waals surface area (Å²) < 4.78 is 11.5. The van der Waals surface area contributed by atoms with E-state index in [2.05, 4.69) is 0 Å². The average molecular weight is 276 g/mol. The summed E-state index contributed by atoms with van der Waals surface area (Å²) in [5.74, 6) is 1.76. The maximum absolute atomic E-state index is 10.9. The number of rotatable bonds is 3. The molecule has 3 rings (SSSR count). The van der Waals surface area contributed by atoms with Crippen molar-refractivity contribution in [1.82, 2.24) is 0 Å². The van der Waals surface area contributed by atoms with Gasteiger partial charge in [0.1, 0.15) is 12.0 Å². The minimum atomic E-state index is 0.0930. The molecule has 4 heteroatoms. The van der Waals surface area contributed by atoms with Crippen LogP contribution in [0.15, 0.2) is 0 Å². The van der Waals surface area contributed by atoms with E-state index in [0.29, 0.717) is 25.4 Å². The largest absolute Gasteiger partial charge is 0.504 e. The molecule has 0 aliphatic carbocycles. The zero-order valence-corrected chi connectivity index (χ0v) is 11.8. The van der Waals surface area contributed by atoms with Gasteiger partial charge in [-0.3, -0.25) is 0 Å². The quantitative estimate of drug-likeness (QED) is 0.862. The molecule has 108 valence electrons. The van der Waals surface area contributed by atoms with E-state index >= 15 is 0 Å². The summed E-state index contributed by atoms with van der Waals surface area (Å²) in [6.07, 6.45) is 4.93. The van der Waals surface area contributed by atoms with Gasteiger partial charge in [-0.05, 0) is 31.6 Å². The van der Waals surface area contributed by atoms with Gasteiger partial charge >= 0.3 is 0 Å². The predicted molar refractivity (Wildman–Crippen MR) is 74.8 cm³/mol. The van der Waals surface area contributed by atoms with Crippen molar-refractivity contribution in [2.75, 3.05) is 13.2 Å². The first-order valence-corrected chi connectivity index (χ1v) is 7.33. The fourth-order valence-electron chi connectivity index (χ4n) is 3.24. The summed E-state index contributed by atoms with van der Waals surface area (Å²) in [6, 6.07) is 0. The van der Waals surface area contributed by atoms with Crippen LogP contribution in [0.1, 0.15) is 48.8 Å². The van der Waals surface area contributed by atoms with Crippen molar-refractivity contribution in [1.29, 1.82) is 0 Å². The Kier molecular flexibility index (Phi) is 3.55. The maximum atomic E-state index is 10.9. The summed E-state index contributed by atoms with van der Waals surface area (Å²) >= 11 is 0. The van der Waals surface area contributed by atoms with Crippen LogP contribution in [0.4, 0.5) is 0 Å². The molecular formula is C16H20O4. The van der Waals surface area contributed by atoms with Crippen molar-refractivity contribution in [3.8, 4) is 17.2 Å². The summed E-state index contributed by atoms with van der Waals surface area (Å²) in [5, 5.41) is 10.4. The zero-order chi connectivity index (χ0) is 14.1. The number of aromatic hydroxyl groups is 1. The van der Waals surface area contributed by atoms with Gasteiger partial charge in [0.05, 0.1) is 13.2 Å². The summed E-state index contributed by atoms with van der Waals surface area (Å²) in [7, 11) is 0. The highest BCUT2D eigenvalue weighted by atomic mass is 16.5. The molecule has 20 heavy (non-hydrogen) atoms. The van der Waals surface area contributed by atoms with Crippen molar-refractivity contribution in [2.45, 2.75) is 44.9 Å². The van der Waals surface area contributed by atoms with Gasteiger partial charge in [0.15, 0.2) is 11.5 Å². The van der Waals surface area contributed by atoms with E-state index in [0.717, 1.165) is 54.4 Å². The van der Waals surface area contributed by atoms with Crippen LogP contribution in [-0.2, 0) is 17.6 Å². The van der Waals surface area contributed by atoms with Gasteiger partial charge in [0.2, 0.25) is 0 Å². The Labute approximate surface area is 118 Å². The van der Waals surface area contributed by atoms with E-state index in [4.69, 9.17) is 9.47 Å². The smallest absolute Gasteiger partial charge is 0.164 e. The Hall–Kier alpha value is -1.71. The molecule has 1 aromatic rings. The van der Waals surface area contributed by atoms with Crippen LogP contribution in [0.3, 0.4) is 0 Å². The number of fused-ring (bicyclic) bond motifs is 2. The molecule has 0 aromatic heterocycles. The molecule has 0 spiro atoms. The molecule has 1 unspecified atom stereocenters. The molecular weight excluding hydrogens is 256 g/mol. The van der Waals surface area contributed by atoms with E-state index in [-0.39, 0.29) is 11.7 Å². The third-order valence-electron chi connectivity index (χ3n) is 4.20. The van der Waals surface area contributed by atoms with Gasteiger partial charge in [-0.25, -0.2) is 0 Å². The lowest BCUT2D eigenvalue weighted by Crippen LogP contribution is -2.18. The molecule has 2 aliphatic rings. The van der Waals surface area contributed by atoms with Gasteiger partial charge in [0.25, 0.3) is 0 Å². The molecule has 0 saturated heterocycles. The Morgan fingerprint density at radius 3 is 2.50 bits per heavy atom. The highest BCUT2D eigenvalue weighted by Crippen LogP contribution is 2.50. The summed E-state index contributed by atoms with van der Waals surface area (Å²) in [5.41, 5.74) is 2.95. The van der Waals surface area contributed by atoms with E-state index in [1.807, 2.05) is 6.92 Å². The number of phenolic OH excluding ortho intramolecular Hbond substituents is 1. The highest BCUT2D eigenvalue weighted by Gasteiger charge is 2.31. The lowest BCUT2D eigenvalue weighted by atomic mass is 9.85. The third kappa shape index (κ3) is 2.03. The van der Waals surface area contributed by atoms with Gasteiger partial charge in [-0.2, -0.15) is 0 Å². The first kappa shape index (κ1) is 13.3. The second-order valence-corrected chi connectivity index (χ2v) is 5.59. The van der Waals surface area contributed by atoms with Crippen molar-refractivity contribution in [3.05, 3.63) is 16.7 Å². The molecule has 0 bridgehead atoms. The molecule has 1 aromatic carbocycles. The molecule has 4 nitrogen and oxygen atoms in total. The number of carbonyl (C=O) groups is 1. The topological polar surface area (TPSA) is 55.8 Å². The number of hydrogen-bond donors (Lipinski definition) is 1. The van der Waals surface area contributed by atoms with E-state index in [9.17, 15) is 9.90 Å². The summed E-state index contributed by atoms with van der Waals surface area (Å²) in [6.45, 7) is 3.35. The van der Waals surface area contributed by atoms with Crippen LogP contribution in [0.25, 0.3) is 0 Å². The van der Waals surface area contributed by atoms with Gasteiger partial charge in [0, 0.05) is 23.1 Å². The Bertz CT molecular complexity index is 499. The van der Waals surface area contributed by atoms with Crippen molar-refractivity contribution in [2.24, 2.45) is 0 Å². The monoisotopic (exact) mass is 276 g/mol. The Morgan fingerprint density at radius 2 is 1.80 bits per heavy atom. The SMILES string of the molecule is CC(CC=O)c1c2c(c(O)c3c1OCCC3)OCCC2. The van der Waals surface area contributed by atoms with Crippen molar-refractivity contribution in [3.63, 3.8) is 0 Å². The summed E-state index contributed by atoms with van der Waals surface area (Å²) in [4.78, 5) is 10.9. The lowest BCUT2D eigenvalue weighted by Gasteiger charge is -2.30. The molecule has 0 saturated carbocycles. The minimum absolute atomic E-state index is 0.0930. The fraction of sp³-hybridized carbons (Fsp3) is 0.562. The first-order valence-electron chi connectivity index (χ1n) is 7.33. The van der Waals surface area contributed by atoms with Crippen LogP contribution >= 0.6 is 0 Å². The molecule has 1 N–H and O–H groups in total. The average Bonchev–Trinajstić information content (AvgIpc) is 2.48. The van der Waals surface area contributed by atoms with Gasteiger partial charge in [-0.15, -0.1) is 0 Å². The van der Waals surface area contributed by atoms with Crippen LogP contribution in [-0.4, -0.2) is 24.6 Å². The Morgan fingerprint density at radius 1 is 1.15 bits per heavy atom. The number of ether oxygens (including phenoxy) is 2. The Balaban J connectivity index is 2.21. The molecule has 0 amide bonds. The second-order valence-electron chi connectivity index (χ2n) is 5.59. The predicted octanol–water partition coefficient (Wildman–Crippen LogP) is 2.73. The third-order valence-corrected chi connectivity index (χ3v) is 4.20. The van der Waals surface area contributed by atoms with Crippen LogP contribution in [0.5, 0.6) is 17.2 Å². The first-order chi connectivity index (χ1) is 9.74. The van der Waals surface area contributed by atoms with Gasteiger partial charge in [-0.1, -0.05) is 6.92 Å². The zero-order valence-electron chi connectivity index (χ0n) is 11.8. The molecule has 1 atom stereocenters. The van der Waals surface area contributed by atoms with E-state index in [1.165, 1.54) is 0 Å².